The molecule has 0 N–H and O–H groups in total. The van der Waals surface area contributed by atoms with Crippen LogP contribution in [0.3, 0.4) is 0 Å². The standard InChI is InChI=1S/C27H40N4O2/c1-32-26-8-4-24(5-9-26)22-30-18-14-28(15-19-30)12-3-13-29-16-20-31(21-17-29)23-25-6-10-27(33-2)11-7-25/h4-11H,3,12-23H2,1-2H3. The van der Waals surface area contributed by atoms with Gasteiger partial charge in [-0.15, -0.1) is 0 Å². The van der Waals surface area contributed by atoms with Crippen LogP contribution in [-0.2, 0) is 13.1 Å². The number of ether oxygens (including phenoxy) is 2. The van der Waals surface area contributed by atoms with E-state index in [-0.39, 0.29) is 0 Å². The van der Waals surface area contributed by atoms with E-state index in [0.717, 1.165) is 50.8 Å². The van der Waals surface area contributed by atoms with Crippen molar-refractivity contribution in [1.29, 1.82) is 0 Å². The van der Waals surface area contributed by atoms with E-state index in [9.17, 15) is 0 Å². The minimum absolute atomic E-state index is 0.933. The van der Waals surface area contributed by atoms with E-state index in [1.54, 1.807) is 14.2 Å². The molecule has 0 saturated carbocycles. The van der Waals surface area contributed by atoms with E-state index < -0.39 is 0 Å². The quantitative estimate of drug-likeness (QED) is 0.551. The highest BCUT2D eigenvalue weighted by atomic mass is 16.5. The van der Waals surface area contributed by atoms with Gasteiger partial charge in [-0.2, -0.15) is 0 Å². The van der Waals surface area contributed by atoms with E-state index in [0.29, 0.717) is 0 Å². The van der Waals surface area contributed by atoms with Crippen LogP contribution in [0.2, 0.25) is 0 Å². The van der Waals surface area contributed by atoms with E-state index in [1.807, 2.05) is 0 Å². The fourth-order valence-electron chi connectivity index (χ4n) is 4.84. The van der Waals surface area contributed by atoms with Crippen LogP contribution in [-0.4, -0.2) is 99.3 Å². The normalized spacial score (nSPS) is 19.0. The lowest BCUT2D eigenvalue weighted by atomic mass is 10.2. The molecule has 0 unspecified atom stereocenters. The fraction of sp³-hybridized carbons (Fsp3) is 0.556. The van der Waals surface area contributed by atoms with Gasteiger partial charge >= 0.3 is 0 Å². The Bertz CT molecular complexity index is 742. The number of rotatable bonds is 10. The second-order valence-corrected chi connectivity index (χ2v) is 9.29. The predicted molar refractivity (Wildman–Crippen MR) is 134 cm³/mol. The van der Waals surface area contributed by atoms with Crippen molar-refractivity contribution in [1.82, 2.24) is 19.6 Å². The summed E-state index contributed by atoms with van der Waals surface area (Å²) >= 11 is 0. The van der Waals surface area contributed by atoms with Crippen LogP contribution in [0.5, 0.6) is 11.5 Å². The molecule has 2 aliphatic heterocycles. The summed E-state index contributed by atoms with van der Waals surface area (Å²) in [5.41, 5.74) is 2.74. The minimum Gasteiger partial charge on any atom is -0.497 e. The second-order valence-electron chi connectivity index (χ2n) is 9.29. The lowest BCUT2D eigenvalue weighted by molar-refractivity contribution is 0.106. The van der Waals surface area contributed by atoms with Gasteiger partial charge in [-0.05, 0) is 54.9 Å². The Morgan fingerprint density at radius 2 is 0.848 bits per heavy atom. The molecular weight excluding hydrogens is 412 g/mol. The van der Waals surface area contributed by atoms with Crippen molar-refractivity contribution in [3.05, 3.63) is 59.7 Å². The first-order valence-electron chi connectivity index (χ1n) is 12.4. The van der Waals surface area contributed by atoms with E-state index >= 15 is 0 Å². The van der Waals surface area contributed by atoms with Gasteiger partial charge in [0.05, 0.1) is 14.2 Å². The van der Waals surface area contributed by atoms with Crippen molar-refractivity contribution < 1.29 is 9.47 Å². The molecule has 2 aromatic rings. The van der Waals surface area contributed by atoms with Crippen LogP contribution >= 0.6 is 0 Å². The Hall–Kier alpha value is -2.12. The Kier molecular flexibility index (Phi) is 9.01. The monoisotopic (exact) mass is 452 g/mol. The number of benzene rings is 2. The van der Waals surface area contributed by atoms with Crippen molar-refractivity contribution in [2.24, 2.45) is 0 Å². The zero-order valence-corrected chi connectivity index (χ0v) is 20.4. The molecule has 2 aliphatic rings. The van der Waals surface area contributed by atoms with Crippen molar-refractivity contribution in [3.8, 4) is 11.5 Å². The third-order valence-electron chi connectivity index (χ3n) is 7.01. The summed E-state index contributed by atoms with van der Waals surface area (Å²) in [4.78, 5) is 10.4. The smallest absolute Gasteiger partial charge is 0.118 e. The Morgan fingerprint density at radius 1 is 0.515 bits per heavy atom. The molecule has 0 aromatic heterocycles. The predicted octanol–water partition coefficient (Wildman–Crippen LogP) is 3.03. The Morgan fingerprint density at radius 3 is 1.18 bits per heavy atom. The summed E-state index contributed by atoms with van der Waals surface area (Å²) in [7, 11) is 3.44. The highest BCUT2D eigenvalue weighted by molar-refractivity contribution is 5.27. The highest BCUT2D eigenvalue weighted by Gasteiger charge is 2.19. The van der Waals surface area contributed by atoms with Crippen LogP contribution in [0.15, 0.2) is 48.5 Å². The zero-order chi connectivity index (χ0) is 22.9. The van der Waals surface area contributed by atoms with Gasteiger partial charge in [0.15, 0.2) is 0 Å². The maximum absolute atomic E-state index is 5.26. The number of methoxy groups -OCH3 is 2. The molecule has 2 heterocycles. The summed E-state index contributed by atoms with van der Waals surface area (Å²) in [6.45, 7) is 13.9. The van der Waals surface area contributed by atoms with Gasteiger partial charge < -0.3 is 19.3 Å². The molecule has 4 rings (SSSR count). The minimum atomic E-state index is 0.933. The summed E-state index contributed by atoms with van der Waals surface area (Å²) in [6, 6.07) is 17.0. The average Bonchev–Trinajstić information content (AvgIpc) is 2.87. The van der Waals surface area contributed by atoms with Gasteiger partial charge in [0.25, 0.3) is 0 Å². The van der Waals surface area contributed by atoms with Gasteiger partial charge in [-0.3, -0.25) is 9.80 Å². The molecular formula is C27H40N4O2. The van der Waals surface area contributed by atoms with Gasteiger partial charge in [0.2, 0.25) is 0 Å². The molecule has 2 aromatic carbocycles. The van der Waals surface area contributed by atoms with Crippen LogP contribution < -0.4 is 9.47 Å². The molecule has 6 nitrogen and oxygen atoms in total. The molecule has 6 heteroatoms. The number of nitrogens with zero attached hydrogens (tertiary/aromatic N) is 4. The van der Waals surface area contributed by atoms with E-state index in [1.165, 1.54) is 56.8 Å². The first-order valence-corrected chi connectivity index (χ1v) is 12.4. The van der Waals surface area contributed by atoms with Crippen LogP contribution in [0.1, 0.15) is 17.5 Å². The molecule has 33 heavy (non-hydrogen) atoms. The first kappa shape index (κ1) is 24.0. The van der Waals surface area contributed by atoms with Gasteiger partial charge in [0, 0.05) is 65.4 Å². The average molecular weight is 453 g/mol. The van der Waals surface area contributed by atoms with Crippen LogP contribution in [0, 0.1) is 0 Å². The molecule has 180 valence electrons. The largest absolute Gasteiger partial charge is 0.497 e. The molecule has 0 radical (unpaired) electrons. The lowest BCUT2D eigenvalue weighted by Gasteiger charge is -2.36. The molecule has 0 aliphatic carbocycles. The third-order valence-corrected chi connectivity index (χ3v) is 7.01. The third kappa shape index (κ3) is 7.44. The molecule has 2 fully saturated rings. The van der Waals surface area contributed by atoms with Crippen molar-refractivity contribution in [3.63, 3.8) is 0 Å². The summed E-state index contributed by atoms with van der Waals surface area (Å²) in [5.74, 6) is 1.87. The lowest BCUT2D eigenvalue weighted by Crippen LogP contribution is -2.48. The van der Waals surface area contributed by atoms with Crippen molar-refractivity contribution in [2.45, 2.75) is 19.5 Å². The van der Waals surface area contributed by atoms with E-state index in [2.05, 4.69) is 68.1 Å². The maximum atomic E-state index is 5.26. The number of hydrogen-bond donors (Lipinski definition) is 0. The zero-order valence-electron chi connectivity index (χ0n) is 20.4. The van der Waals surface area contributed by atoms with Crippen LogP contribution in [0.4, 0.5) is 0 Å². The number of piperazine rings is 2. The SMILES string of the molecule is COc1ccc(CN2CCN(CCCN3CCN(Cc4ccc(OC)cc4)CC3)CC2)cc1. The Labute approximate surface area is 199 Å². The molecule has 0 spiro atoms. The topological polar surface area (TPSA) is 31.4 Å². The van der Waals surface area contributed by atoms with Crippen LogP contribution in [0.25, 0.3) is 0 Å². The molecule has 0 bridgehead atoms. The highest BCUT2D eigenvalue weighted by Crippen LogP contribution is 2.16. The van der Waals surface area contributed by atoms with Crippen molar-refractivity contribution in [2.75, 3.05) is 79.7 Å². The van der Waals surface area contributed by atoms with Gasteiger partial charge in [-0.1, -0.05) is 24.3 Å². The fourth-order valence-corrected chi connectivity index (χ4v) is 4.84. The van der Waals surface area contributed by atoms with Gasteiger partial charge in [0.1, 0.15) is 11.5 Å². The van der Waals surface area contributed by atoms with Gasteiger partial charge in [-0.25, -0.2) is 0 Å². The molecule has 0 amide bonds. The second kappa shape index (κ2) is 12.4. The maximum Gasteiger partial charge on any atom is 0.118 e. The molecule has 0 atom stereocenters. The number of hydrogen-bond acceptors (Lipinski definition) is 6. The Balaban J connectivity index is 1.07. The molecule has 2 saturated heterocycles. The summed E-state index contributed by atoms with van der Waals surface area (Å²) in [5, 5.41) is 0. The first-order chi connectivity index (χ1) is 16.2. The van der Waals surface area contributed by atoms with Crippen molar-refractivity contribution >= 4 is 0 Å². The summed E-state index contributed by atoms with van der Waals surface area (Å²) < 4.78 is 10.5. The summed E-state index contributed by atoms with van der Waals surface area (Å²) in [6.07, 6.45) is 1.27. The van der Waals surface area contributed by atoms with E-state index in [4.69, 9.17) is 9.47 Å².